The summed E-state index contributed by atoms with van der Waals surface area (Å²) in [6.07, 6.45) is -1.21. The number of halogens is 4. The standard InChI is InChI=1S/C10H14F4/c1-3-8(2)5-4-6-9(11)7-10(12,13)14/h4-6,8H,3,7H2,1-2H3. The molecule has 0 aliphatic carbocycles. The average molecular weight is 210 g/mol. The molecule has 0 N–H and O–H groups in total. The SMILES string of the molecule is CCC(C)C=CC=C(F)CC(F)(F)F. The van der Waals surface area contributed by atoms with Crippen molar-refractivity contribution in [2.24, 2.45) is 5.92 Å². The Hall–Kier alpha value is -0.800. The second kappa shape index (κ2) is 5.83. The Kier molecular flexibility index (Phi) is 5.50. The Labute approximate surface area is 81.3 Å². The van der Waals surface area contributed by atoms with Crippen LogP contribution in [0.1, 0.15) is 26.7 Å². The average Bonchev–Trinajstić information content (AvgIpc) is 2.00. The lowest BCUT2D eigenvalue weighted by molar-refractivity contribution is -0.130. The summed E-state index contributed by atoms with van der Waals surface area (Å²) in [4.78, 5) is 0. The topological polar surface area (TPSA) is 0 Å². The van der Waals surface area contributed by atoms with Crippen molar-refractivity contribution in [3.05, 3.63) is 24.1 Å². The monoisotopic (exact) mass is 210 g/mol. The van der Waals surface area contributed by atoms with Crippen molar-refractivity contribution in [2.45, 2.75) is 32.9 Å². The first kappa shape index (κ1) is 13.2. The Morgan fingerprint density at radius 3 is 2.36 bits per heavy atom. The number of rotatable bonds is 4. The molecule has 0 bridgehead atoms. The van der Waals surface area contributed by atoms with Gasteiger partial charge in [0.05, 0.1) is 6.42 Å². The summed E-state index contributed by atoms with van der Waals surface area (Å²) >= 11 is 0. The van der Waals surface area contributed by atoms with Gasteiger partial charge in [0.15, 0.2) is 0 Å². The lowest BCUT2D eigenvalue weighted by Crippen LogP contribution is -2.06. The summed E-state index contributed by atoms with van der Waals surface area (Å²) in [5.41, 5.74) is 0. The third kappa shape index (κ3) is 7.83. The van der Waals surface area contributed by atoms with E-state index in [-0.39, 0.29) is 5.92 Å². The molecule has 0 radical (unpaired) electrons. The number of allylic oxidation sites excluding steroid dienone is 4. The zero-order valence-electron chi connectivity index (χ0n) is 8.24. The fraction of sp³-hybridized carbons (Fsp3) is 0.600. The normalized spacial score (nSPS) is 16.3. The van der Waals surface area contributed by atoms with Crippen LogP contribution in [0, 0.1) is 5.92 Å². The molecule has 0 spiro atoms. The first-order valence-electron chi connectivity index (χ1n) is 4.44. The Morgan fingerprint density at radius 2 is 1.93 bits per heavy atom. The first-order chi connectivity index (χ1) is 6.35. The molecule has 0 aromatic carbocycles. The van der Waals surface area contributed by atoms with Gasteiger partial charge in [0.25, 0.3) is 0 Å². The second-order valence-electron chi connectivity index (χ2n) is 3.18. The molecule has 0 fully saturated rings. The molecule has 82 valence electrons. The van der Waals surface area contributed by atoms with Gasteiger partial charge in [-0.15, -0.1) is 0 Å². The molecular weight excluding hydrogens is 196 g/mol. The summed E-state index contributed by atoms with van der Waals surface area (Å²) < 4.78 is 47.5. The van der Waals surface area contributed by atoms with E-state index in [2.05, 4.69) is 0 Å². The van der Waals surface area contributed by atoms with Crippen molar-refractivity contribution in [1.29, 1.82) is 0 Å². The molecule has 0 saturated carbocycles. The quantitative estimate of drug-likeness (QED) is 0.476. The van der Waals surface area contributed by atoms with Crippen LogP contribution in [0.5, 0.6) is 0 Å². The van der Waals surface area contributed by atoms with E-state index in [1.165, 1.54) is 6.08 Å². The predicted molar refractivity (Wildman–Crippen MR) is 48.5 cm³/mol. The minimum absolute atomic E-state index is 0.255. The molecule has 0 heterocycles. The predicted octanol–water partition coefficient (Wildman–Crippen LogP) is 4.39. The molecule has 0 aromatic rings. The van der Waals surface area contributed by atoms with Crippen molar-refractivity contribution >= 4 is 0 Å². The molecule has 4 heteroatoms. The maximum absolute atomic E-state index is 12.5. The van der Waals surface area contributed by atoms with E-state index in [9.17, 15) is 17.6 Å². The fourth-order valence-electron chi connectivity index (χ4n) is 0.736. The third-order valence-electron chi connectivity index (χ3n) is 1.73. The molecule has 14 heavy (non-hydrogen) atoms. The van der Waals surface area contributed by atoms with Crippen LogP contribution in [0.3, 0.4) is 0 Å². The van der Waals surface area contributed by atoms with Crippen LogP contribution in [0.25, 0.3) is 0 Å². The van der Waals surface area contributed by atoms with Crippen LogP contribution in [-0.4, -0.2) is 6.18 Å². The summed E-state index contributed by atoms with van der Waals surface area (Å²) in [5.74, 6) is -0.901. The van der Waals surface area contributed by atoms with Gasteiger partial charge in [-0.25, -0.2) is 4.39 Å². The highest BCUT2D eigenvalue weighted by Gasteiger charge is 2.28. The van der Waals surface area contributed by atoms with E-state index in [0.29, 0.717) is 0 Å². The maximum Gasteiger partial charge on any atom is 0.395 e. The summed E-state index contributed by atoms with van der Waals surface area (Å²) in [6.45, 7) is 3.86. The van der Waals surface area contributed by atoms with Crippen LogP contribution in [0.4, 0.5) is 17.6 Å². The number of hydrogen-bond acceptors (Lipinski definition) is 0. The number of alkyl halides is 3. The molecular formula is C10H14F4. The largest absolute Gasteiger partial charge is 0.395 e. The zero-order chi connectivity index (χ0) is 11.2. The van der Waals surface area contributed by atoms with Crippen molar-refractivity contribution in [3.63, 3.8) is 0 Å². The fourth-order valence-corrected chi connectivity index (χ4v) is 0.736. The molecule has 1 unspecified atom stereocenters. The van der Waals surface area contributed by atoms with Crippen molar-refractivity contribution < 1.29 is 17.6 Å². The summed E-state index contributed by atoms with van der Waals surface area (Å²) in [6, 6.07) is 0. The lowest BCUT2D eigenvalue weighted by Gasteiger charge is -2.02. The molecule has 0 saturated heterocycles. The molecule has 0 aromatic heterocycles. The lowest BCUT2D eigenvalue weighted by atomic mass is 10.1. The Bertz CT molecular complexity index is 213. The molecule has 0 aliphatic rings. The van der Waals surface area contributed by atoms with E-state index < -0.39 is 18.4 Å². The van der Waals surface area contributed by atoms with E-state index in [0.717, 1.165) is 12.5 Å². The van der Waals surface area contributed by atoms with Crippen molar-refractivity contribution in [2.75, 3.05) is 0 Å². The third-order valence-corrected chi connectivity index (χ3v) is 1.73. The van der Waals surface area contributed by atoms with E-state index in [1.807, 2.05) is 13.8 Å². The van der Waals surface area contributed by atoms with Gasteiger partial charge in [0, 0.05) is 0 Å². The van der Waals surface area contributed by atoms with E-state index in [1.54, 1.807) is 6.08 Å². The second-order valence-corrected chi connectivity index (χ2v) is 3.18. The minimum Gasteiger partial charge on any atom is -0.211 e. The molecule has 0 nitrogen and oxygen atoms in total. The van der Waals surface area contributed by atoms with Gasteiger partial charge in [0.2, 0.25) is 0 Å². The van der Waals surface area contributed by atoms with Gasteiger partial charge in [-0.05, 0) is 12.0 Å². The van der Waals surface area contributed by atoms with Gasteiger partial charge < -0.3 is 0 Å². The summed E-state index contributed by atoms with van der Waals surface area (Å²) in [7, 11) is 0. The van der Waals surface area contributed by atoms with Gasteiger partial charge in [-0.1, -0.05) is 32.4 Å². The molecule has 0 rings (SSSR count). The van der Waals surface area contributed by atoms with Crippen molar-refractivity contribution in [1.82, 2.24) is 0 Å². The highest BCUT2D eigenvalue weighted by molar-refractivity contribution is 5.08. The number of hydrogen-bond donors (Lipinski definition) is 0. The molecule has 0 amide bonds. The smallest absolute Gasteiger partial charge is 0.211 e. The summed E-state index contributed by atoms with van der Waals surface area (Å²) in [5, 5.41) is 0. The van der Waals surface area contributed by atoms with Crippen LogP contribution in [0.2, 0.25) is 0 Å². The van der Waals surface area contributed by atoms with Crippen molar-refractivity contribution in [3.8, 4) is 0 Å². The molecule has 1 atom stereocenters. The Morgan fingerprint density at radius 1 is 1.36 bits per heavy atom. The van der Waals surface area contributed by atoms with Gasteiger partial charge >= 0.3 is 6.18 Å². The van der Waals surface area contributed by atoms with E-state index in [4.69, 9.17) is 0 Å². The Balaban J connectivity index is 4.06. The molecule has 0 aliphatic heterocycles. The highest BCUT2D eigenvalue weighted by Crippen LogP contribution is 2.24. The van der Waals surface area contributed by atoms with Gasteiger partial charge in [-0.2, -0.15) is 13.2 Å². The van der Waals surface area contributed by atoms with Gasteiger partial charge in [-0.3, -0.25) is 0 Å². The van der Waals surface area contributed by atoms with Crippen LogP contribution in [0.15, 0.2) is 24.1 Å². The minimum atomic E-state index is -4.47. The van der Waals surface area contributed by atoms with Crippen LogP contribution < -0.4 is 0 Å². The van der Waals surface area contributed by atoms with Crippen LogP contribution in [-0.2, 0) is 0 Å². The van der Waals surface area contributed by atoms with Gasteiger partial charge in [0.1, 0.15) is 5.83 Å². The first-order valence-corrected chi connectivity index (χ1v) is 4.44. The highest BCUT2D eigenvalue weighted by atomic mass is 19.4. The van der Waals surface area contributed by atoms with E-state index >= 15 is 0 Å². The maximum atomic E-state index is 12.5. The van der Waals surface area contributed by atoms with Crippen LogP contribution >= 0.6 is 0 Å². The zero-order valence-corrected chi connectivity index (χ0v) is 8.24.